The van der Waals surface area contributed by atoms with E-state index in [2.05, 4.69) is 10.1 Å². The summed E-state index contributed by atoms with van der Waals surface area (Å²) in [4.78, 5) is 23.8. The van der Waals surface area contributed by atoms with Gasteiger partial charge in [0, 0.05) is 5.56 Å². The standard InChI is InChI=1S/C15H15NO3S/c1-9-4-5-11(10(2)8-9)13(17)16-14-12(6-7-20-14)15(18)19-3/h4-8H,1-3H3,(H,16,17). The minimum absolute atomic E-state index is 0.227. The van der Waals surface area contributed by atoms with E-state index in [1.165, 1.54) is 18.4 Å². The minimum Gasteiger partial charge on any atom is -0.465 e. The number of hydrogen-bond acceptors (Lipinski definition) is 4. The quantitative estimate of drug-likeness (QED) is 0.881. The van der Waals surface area contributed by atoms with Crippen LogP contribution in [0.4, 0.5) is 5.00 Å². The predicted octanol–water partition coefficient (Wildman–Crippen LogP) is 3.40. The second-order valence-electron chi connectivity index (χ2n) is 4.43. The van der Waals surface area contributed by atoms with Gasteiger partial charge in [-0.1, -0.05) is 17.7 Å². The average Bonchev–Trinajstić information content (AvgIpc) is 2.85. The first-order valence-corrected chi connectivity index (χ1v) is 6.95. The van der Waals surface area contributed by atoms with Crippen molar-refractivity contribution in [1.29, 1.82) is 0 Å². The fraction of sp³-hybridized carbons (Fsp3) is 0.200. The van der Waals surface area contributed by atoms with Crippen LogP contribution in [0.15, 0.2) is 29.6 Å². The van der Waals surface area contributed by atoms with Crippen LogP contribution in [-0.2, 0) is 4.74 Å². The molecule has 104 valence electrons. The van der Waals surface area contributed by atoms with Crippen molar-refractivity contribution < 1.29 is 14.3 Å². The maximum absolute atomic E-state index is 12.3. The molecular formula is C15H15NO3S. The summed E-state index contributed by atoms with van der Waals surface area (Å²) in [7, 11) is 1.32. The van der Waals surface area contributed by atoms with Crippen LogP contribution in [0, 0.1) is 13.8 Å². The lowest BCUT2D eigenvalue weighted by atomic mass is 10.1. The van der Waals surface area contributed by atoms with Crippen LogP contribution in [0.2, 0.25) is 0 Å². The summed E-state index contributed by atoms with van der Waals surface area (Å²) >= 11 is 1.29. The Morgan fingerprint density at radius 1 is 1.15 bits per heavy atom. The molecule has 0 bridgehead atoms. The van der Waals surface area contributed by atoms with Crippen molar-refractivity contribution >= 4 is 28.2 Å². The molecule has 20 heavy (non-hydrogen) atoms. The molecule has 2 rings (SSSR count). The summed E-state index contributed by atoms with van der Waals surface area (Å²) in [5.41, 5.74) is 2.97. The molecule has 0 spiro atoms. The van der Waals surface area contributed by atoms with Gasteiger partial charge in [-0.3, -0.25) is 4.79 Å². The van der Waals surface area contributed by atoms with Crippen LogP contribution in [-0.4, -0.2) is 19.0 Å². The van der Waals surface area contributed by atoms with Gasteiger partial charge in [0.05, 0.1) is 12.7 Å². The molecule has 1 N–H and O–H groups in total. The highest BCUT2D eigenvalue weighted by Crippen LogP contribution is 2.25. The highest BCUT2D eigenvalue weighted by atomic mass is 32.1. The molecule has 1 aromatic carbocycles. The molecule has 0 fully saturated rings. The number of carbonyl (C=O) groups excluding carboxylic acids is 2. The first-order chi connectivity index (χ1) is 9.52. The summed E-state index contributed by atoms with van der Waals surface area (Å²) in [6, 6.07) is 7.25. The number of ether oxygens (including phenoxy) is 1. The Labute approximate surface area is 121 Å². The van der Waals surface area contributed by atoms with E-state index in [4.69, 9.17) is 0 Å². The highest BCUT2D eigenvalue weighted by Gasteiger charge is 2.17. The van der Waals surface area contributed by atoms with Crippen molar-refractivity contribution in [2.45, 2.75) is 13.8 Å². The number of benzene rings is 1. The molecule has 0 saturated heterocycles. The lowest BCUT2D eigenvalue weighted by Crippen LogP contribution is -2.15. The maximum Gasteiger partial charge on any atom is 0.340 e. The van der Waals surface area contributed by atoms with Crippen molar-refractivity contribution in [3.8, 4) is 0 Å². The molecule has 0 aliphatic heterocycles. The number of esters is 1. The molecular weight excluding hydrogens is 274 g/mol. The molecule has 0 atom stereocenters. The van der Waals surface area contributed by atoms with Crippen LogP contribution in [0.3, 0.4) is 0 Å². The molecule has 1 heterocycles. The van der Waals surface area contributed by atoms with E-state index in [1.807, 2.05) is 26.0 Å². The molecule has 4 nitrogen and oxygen atoms in total. The summed E-state index contributed by atoms with van der Waals surface area (Å²) < 4.78 is 4.68. The molecule has 1 amide bonds. The molecule has 1 aromatic heterocycles. The van der Waals surface area contributed by atoms with Gasteiger partial charge in [0.25, 0.3) is 5.91 Å². The Morgan fingerprint density at radius 3 is 2.55 bits per heavy atom. The number of rotatable bonds is 3. The van der Waals surface area contributed by atoms with Crippen molar-refractivity contribution in [2.24, 2.45) is 0 Å². The number of thiophene rings is 1. The lowest BCUT2D eigenvalue weighted by Gasteiger charge is -2.08. The molecule has 0 aliphatic carbocycles. The molecule has 0 saturated carbocycles. The van der Waals surface area contributed by atoms with E-state index < -0.39 is 5.97 Å². The number of nitrogens with one attached hydrogen (secondary N) is 1. The Morgan fingerprint density at radius 2 is 1.90 bits per heavy atom. The monoisotopic (exact) mass is 289 g/mol. The maximum atomic E-state index is 12.3. The summed E-state index contributed by atoms with van der Waals surface area (Å²) in [6.07, 6.45) is 0. The Balaban J connectivity index is 2.24. The third-order valence-electron chi connectivity index (χ3n) is 2.92. The Kier molecular flexibility index (Phi) is 4.20. The first-order valence-electron chi connectivity index (χ1n) is 6.07. The SMILES string of the molecule is COC(=O)c1ccsc1NC(=O)c1ccc(C)cc1C. The van der Waals surface area contributed by atoms with E-state index in [9.17, 15) is 9.59 Å². The van der Waals surface area contributed by atoms with Crippen LogP contribution in [0.25, 0.3) is 0 Å². The smallest absolute Gasteiger partial charge is 0.340 e. The average molecular weight is 289 g/mol. The number of aryl methyl sites for hydroxylation is 2. The molecule has 5 heteroatoms. The van der Waals surface area contributed by atoms with Gasteiger partial charge in [-0.2, -0.15) is 0 Å². The summed E-state index contributed by atoms with van der Waals surface area (Å²) in [5.74, 6) is -0.683. The molecule has 0 unspecified atom stereocenters. The Bertz CT molecular complexity index is 661. The molecule has 2 aromatic rings. The largest absolute Gasteiger partial charge is 0.465 e. The number of carbonyl (C=O) groups is 2. The zero-order valence-corrected chi connectivity index (χ0v) is 12.3. The number of methoxy groups -OCH3 is 1. The topological polar surface area (TPSA) is 55.4 Å². The van der Waals surface area contributed by atoms with Gasteiger partial charge in [-0.05, 0) is 36.9 Å². The van der Waals surface area contributed by atoms with Gasteiger partial charge in [0.1, 0.15) is 5.00 Å². The van der Waals surface area contributed by atoms with Gasteiger partial charge in [-0.15, -0.1) is 11.3 Å². The normalized spacial score (nSPS) is 10.2. The van der Waals surface area contributed by atoms with E-state index >= 15 is 0 Å². The number of hydrogen-bond donors (Lipinski definition) is 1. The number of amides is 1. The summed E-state index contributed by atoms with van der Waals surface area (Å²) in [6.45, 7) is 3.86. The second-order valence-corrected chi connectivity index (χ2v) is 5.34. The minimum atomic E-state index is -0.456. The molecule has 0 aliphatic rings. The van der Waals surface area contributed by atoms with Gasteiger partial charge in [0.15, 0.2) is 0 Å². The van der Waals surface area contributed by atoms with Crippen molar-refractivity contribution in [3.63, 3.8) is 0 Å². The second kappa shape index (κ2) is 5.88. The van der Waals surface area contributed by atoms with Crippen molar-refractivity contribution in [3.05, 3.63) is 51.9 Å². The van der Waals surface area contributed by atoms with Crippen molar-refractivity contribution in [1.82, 2.24) is 0 Å². The van der Waals surface area contributed by atoms with Crippen LogP contribution in [0.1, 0.15) is 31.8 Å². The van der Waals surface area contributed by atoms with E-state index in [0.717, 1.165) is 11.1 Å². The third-order valence-corrected chi connectivity index (χ3v) is 3.75. The fourth-order valence-electron chi connectivity index (χ4n) is 1.92. The van der Waals surface area contributed by atoms with Gasteiger partial charge < -0.3 is 10.1 Å². The van der Waals surface area contributed by atoms with E-state index in [1.54, 1.807) is 17.5 Å². The van der Waals surface area contributed by atoms with Gasteiger partial charge in [0.2, 0.25) is 0 Å². The fourth-order valence-corrected chi connectivity index (χ4v) is 2.69. The highest BCUT2D eigenvalue weighted by molar-refractivity contribution is 7.14. The predicted molar refractivity (Wildman–Crippen MR) is 79.5 cm³/mol. The van der Waals surface area contributed by atoms with Crippen molar-refractivity contribution in [2.75, 3.05) is 12.4 Å². The van der Waals surface area contributed by atoms with Crippen LogP contribution < -0.4 is 5.32 Å². The molecule has 0 radical (unpaired) electrons. The van der Waals surface area contributed by atoms with Gasteiger partial charge in [-0.25, -0.2) is 4.79 Å². The van der Waals surface area contributed by atoms with Gasteiger partial charge >= 0.3 is 5.97 Å². The zero-order chi connectivity index (χ0) is 14.7. The first kappa shape index (κ1) is 14.3. The summed E-state index contributed by atoms with van der Waals surface area (Å²) in [5, 5.41) is 5.00. The number of anilines is 1. The van der Waals surface area contributed by atoms with Crippen LogP contribution in [0.5, 0.6) is 0 Å². The Hall–Kier alpha value is -2.14. The van der Waals surface area contributed by atoms with Crippen LogP contribution >= 0.6 is 11.3 Å². The third kappa shape index (κ3) is 2.88. The lowest BCUT2D eigenvalue weighted by molar-refractivity contribution is 0.0602. The zero-order valence-electron chi connectivity index (χ0n) is 11.5. The van der Waals surface area contributed by atoms with E-state index in [0.29, 0.717) is 16.1 Å². The van der Waals surface area contributed by atoms with E-state index in [-0.39, 0.29) is 5.91 Å².